The van der Waals surface area contributed by atoms with Crippen molar-refractivity contribution in [2.24, 2.45) is 0 Å². The van der Waals surface area contributed by atoms with Crippen LogP contribution in [0.3, 0.4) is 0 Å². The Hall–Kier alpha value is -6.91. The summed E-state index contributed by atoms with van der Waals surface area (Å²) in [6.45, 7) is 21.0. The lowest BCUT2D eigenvalue weighted by atomic mass is 9.70. The maximum absolute atomic E-state index is 12.7. The van der Waals surface area contributed by atoms with Gasteiger partial charge in [0.15, 0.2) is 0 Å². The first kappa shape index (κ1) is 94.6. The van der Waals surface area contributed by atoms with E-state index >= 15 is 0 Å². The zero-order chi connectivity index (χ0) is 90.8. The Balaban J connectivity index is 0.000000556. The number of hydrogen-bond acceptors (Lipinski definition) is 19. The molecule has 2 aromatic carbocycles. The summed E-state index contributed by atoms with van der Waals surface area (Å²) in [5.74, 6) is 12.8. The van der Waals surface area contributed by atoms with Crippen LogP contribution in [0, 0.1) is 38.6 Å². The Labute approximate surface area is 712 Å². The first-order valence-corrected chi connectivity index (χ1v) is 43.1. The van der Waals surface area contributed by atoms with E-state index in [-0.39, 0.29) is 75.2 Å². The number of unbranched alkanes of at least 4 members (excludes halogenated alkanes) is 22. The van der Waals surface area contributed by atoms with E-state index in [9.17, 15) is 39.0 Å². The minimum Gasteiger partial charge on any atom is -0.497 e. The molecular weight excluding hydrogens is 1610 g/mol. The molecule has 8 N–H and O–H groups in total. The Kier molecular flexibility index (Phi) is 49.4. The Morgan fingerprint density at radius 3 is 1.40 bits per heavy atom. The largest absolute Gasteiger partial charge is 0.497 e. The van der Waals surface area contributed by atoms with E-state index in [1.807, 2.05) is 46.9 Å². The van der Waals surface area contributed by atoms with E-state index in [0.717, 1.165) is 37.9 Å². The number of aliphatic hydroxyl groups excluding tert-OH is 5. The summed E-state index contributed by atoms with van der Waals surface area (Å²) in [4.78, 5) is 79.0. The molecule has 5 aromatic rings. The normalized spacial score (nSPS) is 20.0. The molecular formula is C89H138IN8O17P. The van der Waals surface area contributed by atoms with E-state index in [2.05, 4.69) is 169 Å². The van der Waals surface area contributed by atoms with Gasteiger partial charge in [-0.1, -0.05) is 227 Å². The van der Waals surface area contributed by atoms with E-state index in [0.29, 0.717) is 16.4 Å². The van der Waals surface area contributed by atoms with Crippen molar-refractivity contribution in [2.75, 3.05) is 35.0 Å². The zero-order valence-corrected chi connectivity index (χ0v) is 73.9. The lowest BCUT2D eigenvalue weighted by molar-refractivity contribution is -0.0102. The summed E-state index contributed by atoms with van der Waals surface area (Å²) < 4.78 is 80.8. The van der Waals surface area contributed by atoms with Gasteiger partial charge in [-0.15, -0.1) is 0 Å². The van der Waals surface area contributed by atoms with E-state index in [4.69, 9.17) is 41.7 Å². The molecule has 0 spiro atoms. The molecule has 648 valence electrons. The number of nitrogens with zero attached hydrogens (tertiary/aromatic N) is 5. The third-order valence-corrected chi connectivity index (χ3v) is 22.6. The molecule has 27 heteroatoms. The number of H-pyrrole nitrogens is 3. The fourth-order valence-corrected chi connectivity index (χ4v) is 15.5. The summed E-state index contributed by atoms with van der Waals surface area (Å²) in [6, 6.07) is 21.1. The van der Waals surface area contributed by atoms with Crippen molar-refractivity contribution in [3.8, 4) is 35.5 Å². The molecule has 0 bridgehead atoms. The molecule has 3 aliphatic rings. The van der Waals surface area contributed by atoms with Gasteiger partial charge in [-0.25, -0.2) is 19.1 Å². The standard InChI is InChI=1S/C30H49N4O5P.C27H44N2O4.C20H22O.C9H11IN2O4.3CH4O/c1-7-8-9-10-11-12-13-14-15-16-18-26-22-33(30(36)32-29(26)35)28-21-27(25(6)38-28)39-40(37-20-17-19-31)34(23(2)3)24(4)5;1-3-4-5-6-7-8-9-10-11-12-13-14-15-16-17-18-19-23-21-29(27(32)28-26(23)31)25-20-24(30)22(2)33-25;1-5-16(6-2)20(3,17-10-8-7-9-11-17)18-12-14-19(21-4)15-13-18;1-4-6(13)2-7(16-4)12-3-5(10)8(14)11-9(12)15;3*1-2/h22-25,27-28H,7-15,17,20-21H2,1-6H3,(H,32,35,36);21-22,24-25,30H,3-17,20H2,1-2H3,(H,28,31,32);5-15H,1H2,2-4H3;3-4,6-7,13H,2H2,1H3,(H,11,14,15);3*2H,1H3/b;;16-6+;;;;/i6D;2D;;1D;3*2T. The lowest BCUT2D eigenvalue weighted by Crippen LogP contribution is -2.35. The van der Waals surface area contributed by atoms with Crippen molar-refractivity contribution < 1.29 is 57.6 Å². The molecule has 6 heterocycles. The summed E-state index contributed by atoms with van der Waals surface area (Å²) in [6.07, 6.45) is 32.9. The van der Waals surface area contributed by atoms with Crippen LogP contribution in [0.2, 0.25) is 0 Å². The fraction of sp³-hybridized carbons (Fsp3) is 0.629. The van der Waals surface area contributed by atoms with E-state index in [1.54, 1.807) is 7.11 Å². The van der Waals surface area contributed by atoms with E-state index in [1.165, 1.54) is 186 Å². The highest BCUT2D eigenvalue weighted by atomic mass is 127. The van der Waals surface area contributed by atoms with Crippen LogP contribution >= 0.6 is 31.1 Å². The van der Waals surface area contributed by atoms with Gasteiger partial charge in [0.05, 0.1) is 66.4 Å². The van der Waals surface area contributed by atoms with Gasteiger partial charge in [0.1, 0.15) is 35.6 Å². The summed E-state index contributed by atoms with van der Waals surface area (Å²) in [5.41, 5.74) is 0.669. The molecule has 0 amide bonds. The van der Waals surface area contributed by atoms with Crippen molar-refractivity contribution in [3.63, 3.8) is 0 Å². The smallest absolute Gasteiger partial charge is 0.330 e. The number of aliphatic hydroxyl groups is 5. The van der Waals surface area contributed by atoms with Crippen LogP contribution in [-0.4, -0.2) is 147 Å². The van der Waals surface area contributed by atoms with Gasteiger partial charge >= 0.3 is 17.1 Å². The zero-order valence-electron chi connectivity index (χ0n) is 76.8. The molecule has 3 saturated heterocycles. The number of benzene rings is 2. The highest BCUT2D eigenvalue weighted by Crippen LogP contribution is 2.50. The molecule has 116 heavy (non-hydrogen) atoms. The summed E-state index contributed by atoms with van der Waals surface area (Å²) in [5, 5.41) is 39.0. The highest BCUT2D eigenvalue weighted by molar-refractivity contribution is 14.1. The molecule has 3 aromatic heterocycles. The number of hydrogen-bond donors (Lipinski definition) is 8. The number of ether oxygens (including phenoxy) is 4. The van der Waals surface area contributed by atoms with Crippen LogP contribution in [0.4, 0.5) is 0 Å². The van der Waals surface area contributed by atoms with Crippen molar-refractivity contribution >= 4 is 31.1 Å². The number of nitrogens with one attached hydrogen (secondary N) is 3. The first-order valence-electron chi connectivity index (χ1n) is 44.2. The number of allylic oxidation sites excluding steroid dienone is 3. The lowest BCUT2D eigenvalue weighted by Gasteiger charge is -2.37. The maximum atomic E-state index is 12.7. The second-order valence-corrected chi connectivity index (χ2v) is 31.4. The van der Waals surface area contributed by atoms with Crippen molar-refractivity contribution in [1.82, 2.24) is 33.3 Å². The predicted molar refractivity (Wildman–Crippen MR) is 472 cm³/mol. The predicted octanol–water partition coefficient (Wildman–Crippen LogP) is 15.6. The van der Waals surface area contributed by atoms with Crippen LogP contribution in [0.5, 0.6) is 5.75 Å². The maximum Gasteiger partial charge on any atom is 0.330 e. The Morgan fingerprint density at radius 1 is 0.629 bits per heavy atom. The van der Waals surface area contributed by atoms with Crippen molar-refractivity contribution in [3.05, 3.63) is 186 Å². The number of aromatic nitrogens is 6. The molecule has 11 unspecified atom stereocenters. The SMILES string of the molecule is C=C/C(=C\C)C(C)(c1ccccc1)c1ccc(OC)cc1.[2H]CC1OC(n2cc(C#CCCCCCCCCCC)c(=O)[nH]c2=O)CC1OP(OCCC#N)N(C(C)C)C(C)C.[2H]CC1OC(n2cc(C#CCCCCCCCCCCCCCCCC)c(=O)[nH]c2=O)CC1O.[2H]CC1OC(n2cc(I)c(=O)[nH]c2=O)CC1O.[3H]OC.[3H]OC.[3H]OC. The minimum atomic E-state index is -1.53. The van der Waals surface area contributed by atoms with Gasteiger partial charge in [-0.05, 0) is 127 Å². The van der Waals surface area contributed by atoms with Gasteiger partial charge < -0.3 is 53.5 Å². The topological polar surface area (TPSA) is 348 Å². The summed E-state index contributed by atoms with van der Waals surface area (Å²) in [7, 11) is 4.03. The van der Waals surface area contributed by atoms with Crippen LogP contribution in [0.15, 0.2) is 126 Å². The molecule has 0 radical (unpaired) electrons. The monoisotopic (exact) mass is 1760 g/mol. The number of halogens is 1. The molecule has 0 aliphatic carbocycles. The third-order valence-electron chi connectivity index (χ3n) is 19.7. The molecule has 25 nitrogen and oxygen atoms in total. The van der Waals surface area contributed by atoms with Crippen molar-refractivity contribution in [2.45, 2.75) is 329 Å². The molecule has 0 saturated carbocycles. The Morgan fingerprint density at radius 2 is 1.02 bits per heavy atom. The van der Waals surface area contributed by atoms with Gasteiger partial charge in [0, 0.05) is 93.6 Å². The van der Waals surface area contributed by atoms with Gasteiger partial charge in [0.25, 0.3) is 25.2 Å². The number of nitriles is 1. The van der Waals surface area contributed by atoms with Gasteiger partial charge in [-0.3, -0.25) is 43.0 Å². The summed E-state index contributed by atoms with van der Waals surface area (Å²) >= 11 is 1.81. The molecule has 3 fully saturated rings. The average molecular weight is 1760 g/mol. The minimum absolute atomic E-state index is 0.0603. The van der Waals surface area contributed by atoms with Crippen LogP contribution < -0.4 is 38.5 Å². The number of rotatable bonds is 38. The Bertz CT molecular complexity index is 4270. The molecule has 3 aliphatic heterocycles. The molecule has 8 rings (SSSR count). The van der Waals surface area contributed by atoms with Crippen molar-refractivity contribution in [1.29, 1.82) is 9.56 Å². The fourth-order valence-electron chi connectivity index (χ4n) is 13.3. The van der Waals surface area contributed by atoms with Crippen LogP contribution in [-0.2, 0) is 28.7 Å². The first-order chi connectivity index (χ1) is 58.7. The van der Waals surface area contributed by atoms with Crippen LogP contribution in [0.25, 0.3) is 0 Å². The highest BCUT2D eigenvalue weighted by Gasteiger charge is 2.40. The molecule has 11 atom stereocenters. The third kappa shape index (κ3) is 36.4. The van der Waals surface area contributed by atoms with Gasteiger partial charge in [0.2, 0.25) is 4.29 Å². The number of methoxy groups -OCH3 is 1. The van der Waals surface area contributed by atoms with Crippen LogP contribution in [0.1, 0.15) is 301 Å². The average Bonchev–Trinajstić information content (AvgIpc) is 1.08. The second kappa shape index (κ2) is 60.5. The second-order valence-electron chi connectivity index (χ2n) is 28.8. The number of aromatic amines is 3. The van der Waals surface area contributed by atoms with E-state index < -0.39 is 97.6 Å². The quantitative estimate of drug-likeness (QED) is 0.00598. The van der Waals surface area contributed by atoms with Gasteiger partial charge in [-0.2, -0.15) is 5.26 Å².